The Morgan fingerprint density at radius 1 is 1.50 bits per heavy atom. The predicted octanol–water partition coefficient (Wildman–Crippen LogP) is 2.66. The van der Waals surface area contributed by atoms with E-state index in [1.54, 1.807) is 0 Å². The topological polar surface area (TPSA) is 26.3 Å². The average molecular weight is 215 g/mol. The van der Waals surface area contributed by atoms with E-state index in [1.165, 1.54) is 6.92 Å². The first-order valence-electron chi connectivity index (χ1n) is 5.05. The summed E-state index contributed by atoms with van der Waals surface area (Å²) in [5, 5.41) is 0. The molecule has 2 aliphatic carbocycles. The van der Waals surface area contributed by atoms with Crippen LogP contribution in [-0.4, -0.2) is 17.5 Å². The molecular formula is C11H15ClO2. The molecule has 0 aliphatic heterocycles. The minimum Gasteiger partial charge on any atom is -0.466 e. The molecule has 0 aromatic rings. The van der Waals surface area contributed by atoms with Gasteiger partial charge >= 0.3 is 5.97 Å². The molecule has 0 saturated heterocycles. The van der Waals surface area contributed by atoms with Crippen LogP contribution in [0.25, 0.3) is 0 Å². The highest BCUT2D eigenvalue weighted by atomic mass is 35.5. The Kier molecular flexibility index (Phi) is 2.34. The molecule has 2 rings (SSSR count). The van der Waals surface area contributed by atoms with Crippen molar-refractivity contribution in [3.05, 3.63) is 12.2 Å². The van der Waals surface area contributed by atoms with E-state index in [0.717, 1.165) is 25.7 Å². The summed E-state index contributed by atoms with van der Waals surface area (Å²) in [5.41, 5.74) is 0.221. The molecule has 3 heteroatoms. The lowest BCUT2D eigenvalue weighted by molar-refractivity contribution is -0.141. The predicted molar refractivity (Wildman–Crippen MR) is 55.3 cm³/mol. The molecule has 0 spiro atoms. The number of alkyl halides is 1. The Balaban J connectivity index is 1.86. The lowest BCUT2D eigenvalue weighted by Crippen LogP contribution is -2.19. The van der Waals surface area contributed by atoms with Gasteiger partial charge in [-0.2, -0.15) is 0 Å². The highest BCUT2D eigenvalue weighted by Gasteiger charge is 2.65. The van der Waals surface area contributed by atoms with Gasteiger partial charge in [-0.15, -0.1) is 11.6 Å². The van der Waals surface area contributed by atoms with Gasteiger partial charge in [-0.1, -0.05) is 12.2 Å². The van der Waals surface area contributed by atoms with Crippen LogP contribution >= 0.6 is 11.6 Å². The first-order valence-corrected chi connectivity index (χ1v) is 5.43. The summed E-state index contributed by atoms with van der Waals surface area (Å²) in [6, 6.07) is 0. The van der Waals surface area contributed by atoms with Gasteiger partial charge in [0, 0.05) is 6.92 Å². The smallest absolute Gasteiger partial charge is 0.302 e. The number of carbonyl (C=O) groups is 1. The summed E-state index contributed by atoms with van der Waals surface area (Å²) in [7, 11) is 0. The maximum absolute atomic E-state index is 10.6. The maximum Gasteiger partial charge on any atom is 0.302 e. The van der Waals surface area contributed by atoms with Crippen LogP contribution in [0.1, 0.15) is 32.6 Å². The Morgan fingerprint density at radius 3 is 2.86 bits per heavy atom. The number of esters is 1. The molecule has 0 aromatic carbocycles. The molecular weight excluding hydrogens is 200 g/mol. The Labute approximate surface area is 89.3 Å². The van der Waals surface area contributed by atoms with Gasteiger partial charge in [0.15, 0.2) is 0 Å². The number of fused-ring (bicyclic) bond motifs is 1. The van der Waals surface area contributed by atoms with Crippen LogP contribution in [0, 0.1) is 5.41 Å². The zero-order valence-corrected chi connectivity index (χ0v) is 9.14. The molecule has 2 nitrogen and oxygen atoms in total. The summed E-state index contributed by atoms with van der Waals surface area (Å²) >= 11 is 6.43. The summed E-state index contributed by atoms with van der Waals surface area (Å²) in [6.07, 6.45) is 8.33. The molecule has 0 bridgehead atoms. The van der Waals surface area contributed by atoms with Gasteiger partial charge in [-0.3, -0.25) is 4.79 Å². The number of rotatable bonds is 3. The van der Waals surface area contributed by atoms with Gasteiger partial charge < -0.3 is 4.74 Å². The standard InChI is InChI=1S/C11H15ClO2/c1-9(13)14-7-6-10-4-2-3-5-11(10,12)8-10/h2-3H,4-8H2,1H3/t10-,11+/m1/s1. The molecule has 78 valence electrons. The zero-order chi connectivity index (χ0) is 10.2. The number of halogens is 1. The molecule has 0 radical (unpaired) electrons. The van der Waals surface area contributed by atoms with E-state index in [0.29, 0.717) is 6.61 Å². The second kappa shape index (κ2) is 3.27. The van der Waals surface area contributed by atoms with Gasteiger partial charge in [0.1, 0.15) is 0 Å². The fourth-order valence-electron chi connectivity index (χ4n) is 2.42. The summed E-state index contributed by atoms with van der Waals surface area (Å²) in [4.78, 5) is 10.6. The lowest BCUT2D eigenvalue weighted by Gasteiger charge is -2.22. The van der Waals surface area contributed by atoms with Crippen molar-refractivity contribution in [1.29, 1.82) is 0 Å². The average Bonchev–Trinajstić information content (AvgIpc) is 2.70. The summed E-state index contributed by atoms with van der Waals surface area (Å²) in [5.74, 6) is -0.200. The van der Waals surface area contributed by atoms with Crippen molar-refractivity contribution in [3.8, 4) is 0 Å². The Hall–Kier alpha value is -0.500. The molecule has 14 heavy (non-hydrogen) atoms. The van der Waals surface area contributed by atoms with Gasteiger partial charge in [0.2, 0.25) is 0 Å². The third-order valence-electron chi connectivity index (χ3n) is 3.45. The highest BCUT2D eigenvalue weighted by Crippen LogP contribution is 2.68. The van der Waals surface area contributed by atoms with Crippen molar-refractivity contribution in [2.24, 2.45) is 5.41 Å². The van der Waals surface area contributed by atoms with Crippen molar-refractivity contribution in [3.63, 3.8) is 0 Å². The second-order valence-electron chi connectivity index (χ2n) is 4.39. The third-order valence-corrected chi connectivity index (χ3v) is 4.14. The Bertz CT molecular complexity index is 287. The van der Waals surface area contributed by atoms with E-state index < -0.39 is 0 Å². The second-order valence-corrected chi connectivity index (χ2v) is 5.12. The summed E-state index contributed by atoms with van der Waals surface area (Å²) in [6.45, 7) is 1.96. The minimum atomic E-state index is -0.200. The van der Waals surface area contributed by atoms with Crippen molar-refractivity contribution in [1.82, 2.24) is 0 Å². The van der Waals surface area contributed by atoms with Gasteiger partial charge in [0.05, 0.1) is 11.5 Å². The van der Waals surface area contributed by atoms with Crippen LogP contribution in [0.15, 0.2) is 12.2 Å². The van der Waals surface area contributed by atoms with Crippen LogP contribution in [0.3, 0.4) is 0 Å². The number of hydrogen-bond acceptors (Lipinski definition) is 2. The van der Waals surface area contributed by atoms with Crippen LogP contribution in [0.2, 0.25) is 0 Å². The van der Waals surface area contributed by atoms with Gasteiger partial charge in [0.25, 0.3) is 0 Å². The normalized spacial score (nSPS) is 39.0. The quantitative estimate of drug-likeness (QED) is 0.410. The first-order chi connectivity index (χ1) is 6.58. The molecule has 1 saturated carbocycles. The number of carbonyl (C=O) groups excluding carboxylic acids is 1. The van der Waals surface area contributed by atoms with Gasteiger partial charge in [-0.05, 0) is 31.1 Å². The molecule has 2 aliphatic rings. The molecule has 2 atom stereocenters. The van der Waals surface area contributed by atoms with E-state index in [2.05, 4.69) is 12.2 Å². The number of ether oxygens (including phenoxy) is 1. The maximum atomic E-state index is 10.6. The number of allylic oxidation sites excluding steroid dienone is 2. The first kappa shape index (κ1) is 10.0. The van der Waals surface area contributed by atoms with Crippen molar-refractivity contribution in [2.75, 3.05) is 6.61 Å². The highest BCUT2D eigenvalue weighted by molar-refractivity contribution is 6.27. The van der Waals surface area contributed by atoms with E-state index in [9.17, 15) is 4.79 Å². The third kappa shape index (κ3) is 1.56. The zero-order valence-electron chi connectivity index (χ0n) is 8.38. The largest absolute Gasteiger partial charge is 0.466 e. The van der Waals surface area contributed by atoms with Crippen LogP contribution < -0.4 is 0 Å². The van der Waals surface area contributed by atoms with Crippen LogP contribution in [0.4, 0.5) is 0 Å². The van der Waals surface area contributed by atoms with E-state index in [4.69, 9.17) is 16.3 Å². The lowest BCUT2D eigenvalue weighted by atomic mass is 9.90. The van der Waals surface area contributed by atoms with Gasteiger partial charge in [-0.25, -0.2) is 0 Å². The Morgan fingerprint density at radius 2 is 2.21 bits per heavy atom. The fraction of sp³-hybridized carbons (Fsp3) is 0.727. The van der Waals surface area contributed by atoms with Crippen molar-refractivity contribution in [2.45, 2.75) is 37.5 Å². The van der Waals surface area contributed by atoms with E-state index >= 15 is 0 Å². The molecule has 0 heterocycles. The van der Waals surface area contributed by atoms with Crippen molar-refractivity contribution < 1.29 is 9.53 Å². The molecule has 0 N–H and O–H groups in total. The minimum absolute atomic E-state index is 0.0259. The molecule has 1 fully saturated rings. The van der Waals surface area contributed by atoms with Crippen molar-refractivity contribution >= 4 is 17.6 Å². The molecule has 0 aromatic heterocycles. The number of hydrogen-bond donors (Lipinski definition) is 0. The van der Waals surface area contributed by atoms with Crippen LogP contribution in [0.5, 0.6) is 0 Å². The van der Waals surface area contributed by atoms with Crippen LogP contribution in [-0.2, 0) is 9.53 Å². The van der Waals surface area contributed by atoms with E-state index in [1.807, 2.05) is 0 Å². The molecule has 0 unspecified atom stereocenters. The summed E-state index contributed by atoms with van der Waals surface area (Å²) < 4.78 is 4.96. The SMILES string of the molecule is CC(=O)OCC[C@@]12CC=CC[C@]1(Cl)C2. The monoisotopic (exact) mass is 214 g/mol. The van der Waals surface area contributed by atoms with E-state index in [-0.39, 0.29) is 16.3 Å². The molecule has 0 amide bonds. The fourth-order valence-corrected chi connectivity index (χ4v) is 2.94.